The summed E-state index contributed by atoms with van der Waals surface area (Å²) in [6.45, 7) is 3.62. The number of carbonyl (C=O) groups excluding carboxylic acids is 1. The molecule has 8 nitrogen and oxygen atoms in total. The van der Waals surface area contributed by atoms with E-state index in [0.29, 0.717) is 21.8 Å². The van der Waals surface area contributed by atoms with E-state index in [-0.39, 0.29) is 34.6 Å². The molecule has 0 atom stereocenters. The minimum Gasteiger partial charge on any atom is -0.456 e. The average Bonchev–Trinajstić information content (AvgIpc) is 3.25. The van der Waals surface area contributed by atoms with E-state index >= 15 is 0 Å². The minimum atomic E-state index is -4.60. The second-order valence-corrected chi connectivity index (χ2v) is 11.1. The Morgan fingerprint density at radius 3 is 2.61 bits per heavy atom. The number of nitrogens with one attached hydrogen (secondary N) is 3. The molecule has 1 spiro atoms. The van der Waals surface area contributed by atoms with Crippen LogP contribution in [0, 0.1) is 11.2 Å². The summed E-state index contributed by atoms with van der Waals surface area (Å²) in [5, 5.41) is 5.60. The number of urea groups is 1. The first kappa shape index (κ1) is 27.3. The smallest absolute Gasteiger partial charge is 0.416 e. The number of halogens is 5. The summed E-state index contributed by atoms with van der Waals surface area (Å²) in [6.07, 6.45) is -1.54. The lowest BCUT2D eigenvalue weighted by atomic mass is 9.73. The molecule has 2 amide bonds. The van der Waals surface area contributed by atoms with Crippen LogP contribution in [0.4, 0.5) is 33.7 Å². The number of pyridine rings is 1. The number of rotatable bonds is 6. The molecule has 4 heterocycles. The molecule has 0 bridgehead atoms. The van der Waals surface area contributed by atoms with E-state index in [1.54, 1.807) is 12.3 Å². The molecule has 2 fully saturated rings. The molecule has 0 radical (unpaired) electrons. The molecule has 6 rings (SSSR count). The van der Waals surface area contributed by atoms with Crippen LogP contribution in [0.2, 0.25) is 5.02 Å². The number of hydrogen-bond acceptors (Lipinski definition) is 5. The van der Waals surface area contributed by atoms with E-state index in [0.717, 1.165) is 38.3 Å². The lowest BCUT2D eigenvalue weighted by molar-refractivity contribution is -0.139. The van der Waals surface area contributed by atoms with Crippen molar-refractivity contribution in [3.63, 3.8) is 0 Å². The Balaban J connectivity index is 1.11. The molecule has 2 saturated heterocycles. The zero-order valence-electron chi connectivity index (χ0n) is 21.8. The number of amides is 2. The van der Waals surface area contributed by atoms with Crippen LogP contribution < -0.4 is 15.4 Å². The van der Waals surface area contributed by atoms with Crippen LogP contribution in [0.5, 0.6) is 11.5 Å². The third kappa shape index (κ3) is 5.54. The van der Waals surface area contributed by atoms with E-state index in [1.165, 1.54) is 30.5 Å². The van der Waals surface area contributed by atoms with Crippen LogP contribution in [0.25, 0.3) is 11.0 Å². The highest BCUT2D eigenvalue weighted by Gasteiger charge is 2.50. The highest BCUT2D eigenvalue weighted by atomic mass is 35.5. The Morgan fingerprint density at radius 2 is 1.90 bits per heavy atom. The Labute approximate surface area is 237 Å². The molecule has 3 N–H and O–H groups in total. The number of hydrogen-bond donors (Lipinski definition) is 3. The number of anilines is 2. The maximum absolute atomic E-state index is 14.8. The molecule has 41 heavy (non-hydrogen) atoms. The highest BCUT2D eigenvalue weighted by Crippen LogP contribution is 2.41. The fourth-order valence-electron chi connectivity index (χ4n) is 5.76. The van der Waals surface area contributed by atoms with Gasteiger partial charge in [-0.2, -0.15) is 13.2 Å². The molecule has 2 aromatic heterocycles. The van der Waals surface area contributed by atoms with Crippen LogP contribution in [-0.2, 0) is 12.7 Å². The monoisotopic (exact) mass is 588 g/mol. The van der Waals surface area contributed by atoms with E-state index in [4.69, 9.17) is 16.3 Å². The van der Waals surface area contributed by atoms with Gasteiger partial charge in [0.05, 0.1) is 21.7 Å². The molecular formula is C28H25ClF4N6O2. The zero-order chi connectivity index (χ0) is 28.9. The zero-order valence-corrected chi connectivity index (χ0v) is 22.5. The summed E-state index contributed by atoms with van der Waals surface area (Å²) in [6, 6.07) is 8.15. The van der Waals surface area contributed by atoms with Gasteiger partial charge in [0.2, 0.25) is 0 Å². The third-order valence-electron chi connectivity index (χ3n) is 7.30. The van der Waals surface area contributed by atoms with Gasteiger partial charge < -0.3 is 25.3 Å². The quantitative estimate of drug-likeness (QED) is 0.222. The van der Waals surface area contributed by atoms with Crippen LogP contribution in [-0.4, -0.2) is 59.0 Å². The molecule has 13 heteroatoms. The summed E-state index contributed by atoms with van der Waals surface area (Å²) in [5.74, 6) is -0.312. The predicted octanol–water partition coefficient (Wildman–Crippen LogP) is 6.56. The van der Waals surface area contributed by atoms with Gasteiger partial charge >= 0.3 is 12.2 Å². The molecule has 2 aliphatic heterocycles. The number of nitrogens with zero attached hydrogens (tertiary/aromatic N) is 3. The number of aromatic amines is 1. The molecule has 2 aromatic carbocycles. The largest absolute Gasteiger partial charge is 0.456 e. The number of H-pyrrole nitrogens is 1. The van der Waals surface area contributed by atoms with Crippen molar-refractivity contribution < 1.29 is 27.1 Å². The number of fused-ring (bicyclic) bond motifs is 1. The van der Waals surface area contributed by atoms with Gasteiger partial charge in [0.1, 0.15) is 23.0 Å². The van der Waals surface area contributed by atoms with Crippen molar-refractivity contribution in [3.8, 4) is 11.5 Å². The molecule has 214 valence electrons. The highest BCUT2D eigenvalue weighted by molar-refractivity contribution is 6.36. The molecule has 0 unspecified atom stereocenters. The molecular weight excluding hydrogens is 564 g/mol. The number of benzene rings is 2. The Hall–Kier alpha value is -3.87. The molecule has 0 aliphatic carbocycles. The van der Waals surface area contributed by atoms with Crippen molar-refractivity contribution in [2.75, 3.05) is 43.9 Å². The lowest BCUT2D eigenvalue weighted by Crippen LogP contribution is -2.70. The Kier molecular flexibility index (Phi) is 6.79. The van der Waals surface area contributed by atoms with Crippen LogP contribution >= 0.6 is 11.6 Å². The molecule has 4 aromatic rings. The summed E-state index contributed by atoms with van der Waals surface area (Å²) >= 11 is 6.18. The number of ether oxygens (including phenoxy) is 1. The van der Waals surface area contributed by atoms with E-state index in [2.05, 4.69) is 25.5 Å². The first-order valence-electron chi connectivity index (χ1n) is 12.8. The number of aromatic nitrogens is 2. The van der Waals surface area contributed by atoms with Crippen molar-refractivity contribution >= 4 is 40.0 Å². The normalized spacial score (nSPS) is 16.8. The van der Waals surface area contributed by atoms with Crippen LogP contribution in [0.15, 0.2) is 54.9 Å². The van der Waals surface area contributed by atoms with Gasteiger partial charge in [0, 0.05) is 62.3 Å². The SMILES string of the molecule is CN1CC2(C1)CN(Cc1ccc(NC(=O)Nc3ccc(Oc4ccnc5[nH]cc(Cl)c45)cc3F)cc1C(F)(F)F)C2. The summed E-state index contributed by atoms with van der Waals surface area (Å²) < 4.78 is 62.2. The van der Waals surface area contributed by atoms with Crippen molar-refractivity contribution in [3.05, 3.63) is 76.8 Å². The minimum absolute atomic E-state index is 0.0651. The average molecular weight is 589 g/mol. The van der Waals surface area contributed by atoms with Crippen LogP contribution in [0.1, 0.15) is 11.1 Å². The second kappa shape index (κ2) is 10.2. The van der Waals surface area contributed by atoms with Gasteiger partial charge in [-0.25, -0.2) is 14.2 Å². The Morgan fingerprint density at radius 1 is 1.12 bits per heavy atom. The topological polar surface area (TPSA) is 85.5 Å². The fraction of sp³-hybridized carbons (Fsp3) is 0.286. The molecule has 0 saturated carbocycles. The van der Waals surface area contributed by atoms with Crippen molar-refractivity contribution in [1.82, 2.24) is 19.8 Å². The first-order valence-corrected chi connectivity index (χ1v) is 13.1. The fourth-order valence-corrected chi connectivity index (χ4v) is 5.99. The van der Waals surface area contributed by atoms with Crippen molar-refractivity contribution in [2.45, 2.75) is 12.7 Å². The predicted molar refractivity (Wildman–Crippen MR) is 147 cm³/mol. The van der Waals surface area contributed by atoms with Gasteiger partial charge in [-0.1, -0.05) is 17.7 Å². The lowest BCUT2D eigenvalue weighted by Gasteiger charge is -2.59. The Bertz CT molecular complexity index is 1630. The second-order valence-electron chi connectivity index (χ2n) is 10.7. The molecule has 2 aliphatic rings. The van der Waals surface area contributed by atoms with E-state index in [9.17, 15) is 22.4 Å². The van der Waals surface area contributed by atoms with E-state index in [1.807, 2.05) is 11.9 Å². The van der Waals surface area contributed by atoms with Crippen molar-refractivity contribution in [1.29, 1.82) is 0 Å². The number of likely N-dealkylation sites (tertiary alicyclic amines) is 2. The summed E-state index contributed by atoms with van der Waals surface area (Å²) in [5.41, 5.74) is -0.226. The number of alkyl halides is 3. The van der Waals surface area contributed by atoms with Crippen LogP contribution in [0.3, 0.4) is 0 Å². The van der Waals surface area contributed by atoms with Gasteiger partial charge in [-0.15, -0.1) is 0 Å². The van der Waals surface area contributed by atoms with Gasteiger partial charge in [0.15, 0.2) is 0 Å². The third-order valence-corrected chi connectivity index (χ3v) is 7.60. The van der Waals surface area contributed by atoms with E-state index < -0.39 is 23.6 Å². The maximum atomic E-state index is 14.8. The van der Waals surface area contributed by atoms with Gasteiger partial charge in [0.25, 0.3) is 0 Å². The maximum Gasteiger partial charge on any atom is 0.416 e. The van der Waals surface area contributed by atoms with Crippen molar-refractivity contribution in [2.24, 2.45) is 5.41 Å². The van der Waals surface area contributed by atoms with Gasteiger partial charge in [-0.05, 0) is 42.9 Å². The summed E-state index contributed by atoms with van der Waals surface area (Å²) in [7, 11) is 2.02. The summed E-state index contributed by atoms with van der Waals surface area (Å²) in [4.78, 5) is 23.8. The van der Waals surface area contributed by atoms with Gasteiger partial charge in [-0.3, -0.25) is 4.90 Å². The number of carbonyl (C=O) groups is 1. The standard InChI is InChI=1S/C28H25ClF4N6O2/c1-38-12-27(13-38)14-39(15-27)11-16-2-3-17(8-19(16)28(31,32)33)36-26(40)37-22-5-4-18(9-21(22)30)41-23-6-7-34-25-24(23)20(29)10-35-25/h2-10H,11-15H2,1H3,(H,34,35)(H2,36,37,40). The first-order chi connectivity index (χ1) is 19.5.